The molecule has 2 saturated carbocycles. The van der Waals surface area contributed by atoms with Crippen LogP contribution in [0.15, 0.2) is 11.6 Å². The minimum Gasteiger partial charge on any atom is -0.393 e. The van der Waals surface area contributed by atoms with E-state index >= 15 is 0 Å². The van der Waals surface area contributed by atoms with Gasteiger partial charge in [-0.25, -0.2) is 0 Å². The standard InChI is InChI=1S/C29H54O3/c1-21(2)10-8-11-23(4)15-17-32-24(5)13-9-12-22(3)14-16-31-20-25-18-26-27(19-28(25)30)29(26,6)7/h10,22-28,30H,8-9,11-20H2,1-7H3/t22?,23?,24?,25?,26-,27+,28+/m0/s1. The zero-order chi connectivity index (χ0) is 23.7. The third-order valence-electron chi connectivity index (χ3n) is 8.50. The summed E-state index contributed by atoms with van der Waals surface area (Å²) in [6.07, 6.45) is 13.1. The van der Waals surface area contributed by atoms with E-state index in [0.29, 0.717) is 23.4 Å². The topological polar surface area (TPSA) is 38.7 Å². The Morgan fingerprint density at radius 3 is 2.31 bits per heavy atom. The molecular formula is C29H54O3. The molecule has 188 valence electrons. The summed E-state index contributed by atoms with van der Waals surface area (Å²) >= 11 is 0. The molecule has 0 amide bonds. The monoisotopic (exact) mass is 450 g/mol. The molecule has 0 saturated heterocycles. The van der Waals surface area contributed by atoms with Gasteiger partial charge in [-0.15, -0.1) is 0 Å². The Hall–Kier alpha value is -0.380. The van der Waals surface area contributed by atoms with E-state index in [1.165, 1.54) is 37.7 Å². The third kappa shape index (κ3) is 9.47. The van der Waals surface area contributed by atoms with Crippen molar-refractivity contribution >= 4 is 0 Å². The Balaban J connectivity index is 1.44. The van der Waals surface area contributed by atoms with Crippen molar-refractivity contribution in [3.05, 3.63) is 11.6 Å². The van der Waals surface area contributed by atoms with Gasteiger partial charge in [-0.2, -0.15) is 0 Å². The van der Waals surface area contributed by atoms with Crippen molar-refractivity contribution in [3.8, 4) is 0 Å². The van der Waals surface area contributed by atoms with Crippen molar-refractivity contribution in [2.24, 2.45) is 35.0 Å². The van der Waals surface area contributed by atoms with Crippen molar-refractivity contribution in [2.75, 3.05) is 19.8 Å². The maximum atomic E-state index is 10.4. The highest BCUT2D eigenvalue weighted by molar-refractivity contribution is 5.09. The molecule has 0 bridgehead atoms. The molecule has 2 rings (SSSR count). The van der Waals surface area contributed by atoms with Crippen LogP contribution in [-0.4, -0.2) is 37.1 Å². The lowest BCUT2D eigenvalue weighted by molar-refractivity contribution is -0.000492. The van der Waals surface area contributed by atoms with E-state index in [2.05, 4.69) is 54.5 Å². The van der Waals surface area contributed by atoms with Gasteiger partial charge in [0.1, 0.15) is 0 Å². The minimum atomic E-state index is -0.155. The van der Waals surface area contributed by atoms with Gasteiger partial charge in [0.2, 0.25) is 0 Å². The number of aliphatic hydroxyl groups is 1. The van der Waals surface area contributed by atoms with Crippen LogP contribution in [-0.2, 0) is 9.47 Å². The summed E-state index contributed by atoms with van der Waals surface area (Å²) in [5.74, 6) is 3.34. The third-order valence-corrected chi connectivity index (χ3v) is 8.50. The molecule has 3 heteroatoms. The summed E-state index contributed by atoms with van der Waals surface area (Å²) in [6.45, 7) is 18.4. The van der Waals surface area contributed by atoms with Gasteiger partial charge in [0.25, 0.3) is 0 Å². The molecule has 0 heterocycles. The van der Waals surface area contributed by atoms with E-state index < -0.39 is 0 Å². The molecule has 4 unspecified atom stereocenters. The average Bonchev–Trinajstić information content (AvgIpc) is 3.23. The molecule has 3 nitrogen and oxygen atoms in total. The average molecular weight is 451 g/mol. The SMILES string of the molecule is CC(C)=CCCC(C)CCOC(C)CCCC(C)CCOCC1C[C@H]2[C@@H](C[C@H]1O)C2(C)C. The smallest absolute Gasteiger partial charge is 0.0593 e. The van der Waals surface area contributed by atoms with E-state index in [0.717, 1.165) is 63.3 Å². The van der Waals surface area contributed by atoms with Gasteiger partial charge in [0.05, 0.1) is 18.8 Å². The fourth-order valence-corrected chi connectivity index (χ4v) is 5.68. The number of rotatable bonds is 16. The molecule has 7 atom stereocenters. The lowest BCUT2D eigenvalue weighted by atomic mass is 9.87. The molecule has 1 N–H and O–H groups in total. The molecule has 0 spiro atoms. The number of aliphatic hydroxyl groups excluding tert-OH is 1. The second kappa shape index (κ2) is 13.5. The van der Waals surface area contributed by atoms with Gasteiger partial charge in [0.15, 0.2) is 0 Å². The highest BCUT2D eigenvalue weighted by Gasteiger charge is 2.60. The zero-order valence-corrected chi connectivity index (χ0v) is 22.4. The normalized spacial score (nSPS) is 29.1. The number of fused-ring (bicyclic) bond motifs is 1. The minimum absolute atomic E-state index is 0.155. The van der Waals surface area contributed by atoms with Crippen LogP contribution in [0.3, 0.4) is 0 Å². The number of ether oxygens (including phenoxy) is 2. The van der Waals surface area contributed by atoms with Crippen molar-refractivity contribution in [1.82, 2.24) is 0 Å². The second-order valence-corrected chi connectivity index (χ2v) is 12.2. The molecule has 2 fully saturated rings. The Labute approximate surface area is 199 Å². The first-order valence-corrected chi connectivity index (χ1v) is 13.6. The molecular weight excluding hydrogens is 396 g/mol. The number of hydrogen-bond donors (Lipinski definition) is 1. The fourth-order valence-electron chi connectivity index (χ4n) is 5.68. The molecule has 0 aromatic rings. The van der Waals surface area contributed by atoms with Crippen LogP contribution < -0.4 is 0 Å². The van der Waals surface area contributed by atoms with Crippen molar-refractivity contribution in [3.63, 3.8) is 0 Å². The lowest BCUT2D eigenvalue weighted by Gasteiger charge is -2.27. The van der Waals surface area contributed by atoms with Gasteiger partial charge < -0.3 is 14.6 Å². The number of allylic oxidation sites excluding steroid dienone is 2. The van der Waals surface area contributed by atoms with Gasteiger partial charge in [-0.3, -0.25) is 0 Å². The predicted molar refractivity (Wildman–Crippen MR) is 136 cm³/mol. The van der Waals surface area contributed by atoms with Gasteiger partial charge in [-0.05, 0) is 94.8 Å². The van der Waals surface area contributed by atoms with E-state index in [4.69, 9.17) is 9.47 Å². The zero-order valence-electron chi connectivity index (χ0n) is 22.4. The van der Waals surface area contributed by atoms with Crippen LogP contribution in [0, 0.1) is 35.0 Å². The van der Waals surface area contributed by atoms with E-state index in [9.17, 15) is 5.11 Å². The maximum absolute atomic E-state index is 10.4. The van der Waals surface area contributed by atoms with Gasteiger partial charge >= 0.3 is 0 Å². The Morgan fingerprint density at radius 1 is 0.938 bits per heavy atom. The van der Waals surface area contributed by atoms with Crippen LogP contribution in [0.5, 0.6) is 0 Å². The summed E-state index contributed by atoms with van der Waals surface area (Å²) in [5.41, 5.74) is 1.88. The number of hydrogen-bond acceptors (Lipinski definition) is 3. The highest BCUT2D eigenvalue weighted by Crippen LogP contribution is 2.65. The maximum Gasteiger partial charge on any atom is 0.0593 e. The lowest BCUT2D eigenvalue weighted by Crippen LogP contribution is -2.29. The molecule has 32 heavy (non-hydrogen) atoms. The fraction of sp³-hybridized carbons (Fsp3) is 0.931. The van der Waals surface area contributed by atoms with Gasteiger partial charge in [0, 0.05) is 19.1 Å². The van der Waals surface area contributed by atoms with Crippen LogP contribution >= 0.6 is 0 Å². The largest absolute Gasteiger partial charge is 0.393 e. The summed E-state index contributed by atoms with van der Waals surface area (Å²) in [6, 6.07) is 0. The molecule has 0 aromatic carbocycles. The Bertz CT molecular complexity index is 551. The van der Waals surface area contributed by atoms with E-state index in [1.807, 2.05) is 0 Å². The molecule has 0 radical (unpaired) electrons. The van der Waals surface area contributed by atoms with Crippen molar-refractivity contribution in [1.29, 1.82) is 0 Å². The first-order chi connectivity index (χ1) is 15.1. The Morgan fingerprint density at radius 2 is 1.59 bits per heavy atom. The summed E-state index contributed by atoms with van der Waals surface area (Å²) in [4.78, 5) is 0. The van der Waals surface area contributed by atoms with E-state index in [-0.39, 0.29) is 6.10 Å². The highest BCUT2D eigenvalue weighted by atomic mass is 16.5. The summed E-state index contributed by atoms with van der Waals surface area (Å²) in [5, 5.41) is 10.4. The summed E-state index contributed by atoms with van der Waals surface area (Å²) in [7, 11) is 0. The molecule has 2 aliphatic carbocycles. The van der Waals surface area contributed by atoms with E-state index in [1.54, 1.807) is 0 Å². The van der Waals surface area contributed by atoms with Crippen molar-refractivity contribution < 1.29 is 14.6 Å². The van der Waals surface area contributed by atoms with Crippen molar-refractivity contribution in [2.45, 2.75) is 118 Å². The van der Waals surface area contributed by atoms with Crippen LogP contribution in [0.1, 0.15) is 106 Å². The summed E-state index contributed by atoms with van der Waals surface area (Å²) < 4.78 is 12.1. The Kier molecular flexibility index (Phi) is 11.7. The first-order valence-electron chi connectivity index (χ1n) is 13.6. The quantitative estimate of drug-likeness (QED) is 0.196. The second-order valence-electron chi connectivity index (χ2n) is 12.2. The molecule has 0 aliphatic heterocycles. The molecule has 0 aromatic heterocycles. The van der Waals surface area contributed by atoms with Crippen LogP contribution in [0.2, 0.25) is 0 Å². The predicted octanol–water partition coefficient (Wildman–Crippen LogP) is 7.42. The van der Waals surface area contributed by atoms with Crippen LogP contribution in [0.4, 0.5) is 0 Å². The van der Waals surface area contributed by atoms with Crippen LogP contribution in [0.25, 0.3) is 0 Å². The van der Waals surface area contributed by atoms with Gasteiger partial charge in [-0.1, -0.05) is 52.2 Å². The molecule has 2 aliphatic rings. The first kappa shape index (κ1) is 27.9.